The van der Waals surface area contributed by atoms with Gasteiger partial charge in [-0.05, 0) is 146 Å². The summed E-state index contributed by atoms with van der Waals surface area (Å²) in [6.45, 7) is 20.8. The van der Waals surface area contributed by atoms with Crippen LogP contribution >= 0.6 is 0 Å². The average Bonchev–Trinajstić information content (AvgIpc) is 3.91. The third-order valence-corrected chi connectivity index (χ3v) is 15.4. The molecule has 0 unspecified atom stereocenters. The Hall–Kier alpha value is -7.76. The van der Waals surface area contributed by atoms with E-state index in [1.165, 1.54) is 71.7 Å². The molecule has 2 aliphatic rings. The van der Waals surface area contributed by atoms with Crippen molar-refractivity contribution in [1.82, 2.24) is 4.48 Å². The summed E-state index contributed by atoms with van der Waals surface area (Å²) in [6, 6.07) is 70.3. The van der Waals surface area contributed by atoms with Gasteiger partial charge in [-0.1, -0.05) is 159 Å². The van der Waals surface area contributed by atoms with Crippen molar-refractivity contribution in [3.8, 4) is 22.3 Å². The highest BCUT2D eigenvalue weighted by molar-refractivity contribution is 6.90. The van der Waals surface area contributed by atoms with Gasteiger partial charge in [-0.25, -0.2) is 0 Å². The molecule has 346 valence electrons. The zero-order chi connectivity index (χ0) is 48.7. The molecule has 2 aliphatic heterocycles. The molecule has 0 aliphatic carbocycles. The highest BCUT2D eigenvalue weighted by Gasteiger charge is 2.46. The lowest BCUT2D eigenvalue weighted by atomic mass is 9.45. The maximum atomic E-state index is 7.29. The normalized spacial score (nSPS) is 13.4. The largest absolute Gasteiger partial charge is 0.454 e. The quantitative estimate of drug-likeness (QED) is 0.161. The lowest BCUT2D eigenvalue weighted by Crippen LogP contribution is -2.56. The van der Waals surface area contributed by atoms with Gasteiger partial charge in [0.2, 0.25) is 0 Å². The van der Waals surface area contributed by atoms with Crippen molar-refractivity contribution in [2.75, 3.05) is 9.80 Å². The molecular formula is C66H58BN3O. The summed E-state index contributed by atoms with van der Waals surface area (Å²) < 4.78 is 10.00. The second-order valence-electron chi connectivity index (χ2n) is 23.0. The van der Waals surface area contributed by atoms with E-state index in [-0.39, 0.29) is 23.1 Å². The Kier molecular flexibility index (Phi) is 9.37. The lowest BCUT2D eigenvalue weighted by molar-refractivity contribution is 0.590. The molecule has 71 heavy (non-hydrogen) atoms. The summed E-state index contributed by atoms with van der Waals surface area (Å²) in [5.74, 6) is 0. The first-order valence-corrected chi connectivity index (χ1v) is 25.3. The van der Waals surface area contributed by atoms with Crippen molar-refractivity contribution in [2.24, 2.45) is 0 Å². The highest BCUT2D eigenvalue weighted by atomic mass is 16.3. The van der Waals surface area contributed by atoms with Gasteiger partial charge in [0.25, 0.3) is 0 Å². The van der Waals surface area contributed by atoms with Crippen LogP contribution in [-0.4, -0.2) is 11.3 Å². The minimum atomic E-state index is -0.209. The summed E-state index contributed by atoms with van der Waals surface area (Å²) in [6.07, 6.45) is 0. The summed E-state index contributed by atoms with van der Waals surface area (Å²) in [5.41, 5.74) is 22.0. The van der Waals surface area contributed by atoms with Gasteiger partial charge < -0.3 is 18.7 Å². The molecule has 9 aromatic carbocycles. The van der Waals surface area contributed by atoms with Crippen LogP contribution in [0.5, 0.6) is 0 Å². The van der Waals surface area contributed by atoms with Crippen LogP contribution in [0.1, 0.15) is 79.0 Å². The summed E-state index contributed by atoms with van der Waals surface area (Å²) >= 11 is 0. The molecule has 4 heterocycles. The van der Waals surface area contributed by atoms with Gasteiger partial charge in [-0.15, -0.1) is 0 Å². The van der Waals surface area contributed by atoms with Gasteiger partial charge in [0, 0.05) is 66.5 Å². The predicted molar refractivity (Wildman–Crippen MR) is 303 cm³/mol. The Morgan fingerprint density at radius 1 is 0.437 bits per heavy atom. The van der Waals surface area contributed by atoms with Gasteiger partial charge in [0.1, 0.15) is 5.58 Å². The molecule has 5 heteroatoms. The first-order valence-electron chi connectivity index (χ1n) is 25.3. The number of aromatic nitrogens is 1. The number of rotatable bonds is 5. The number of benzene rings is 9. The molecule has 13 rings (SSSR count). The number of hydrogen-bond donors (Lipinski definition) is 0. The van der Waals surface area contributed by atoms with Crippen molar-refractivity contribution in [1.29, 1.82) is 0 Å². The molecule has 0 saturated heterocycles. The van der Waals surface area contributed by atoms with Crippen LogP contribution in [0.25, 0.3) is 66.0 Å². The number of para-hydroxylation sites is 3. The maximum Gasteiger partial charge on any atom is 0.333 e. The van der Waals surface area contributed by atoms with E-state index < -0.39 is 0 Å². The number of anilines is 6. The Bertz CT molecular complexity index is 3900. The van der Waals surface area contributed by atoms with Gasteiger partial charge >= 0.3 is 6.85 Å². The molecule has 0 spiro atoms. The number of furan rings is 1. The van der Waals surface area contributed by atoms with Crippen LogP contribution in [0.4, 0.5) is 34.1 Å². The van der Waals surface area contributed by atoms with E-state index in [2.05, 4.69) is 265 Å². The Labute approximate surface area is 417 Å². The van der Waals surface area contributed by atoms with E-state index in [1.54, 1.807) is 0 Å². The summed E-state index contributed by atoms with van der Waals surface area (Å²) in [4.78, 5) is 4.98. The third kappa shape index (κ3) is 6.66. The molecule has 4 nitrogen and oxygen atoms in total. The first kappa shape index (κ1) is 43.3. The monoisotopic (exact) mass is 919 g/mol. The molecule has 2 aromatic heterocycles. The molecule has 0 radical (unpaired) electrons. The fraction of sp³-hybridized carbons (Fsp3) is 0.182. The van der Waals surface area contributed by atoms with Crippen LogP contribution in [0.15, 0.2) is 192 Å². The Morgan fingerprint density at radius 2 is 1.01 bits per heavy atom. The van der Waals surface area contributed by atoms with E-state index in [4.69, 9.17) is 4.42 Å². The van der Waals surface area contributed by atoms with Crippen molar-refractivity contribution in [2.45, 2.75) is 78.6 Å². The van der Waals surface area contributed by atoms with Crippen LogP contribution in [0.3, 0.4) is 0 Å². The van der Waals surface area contributed by atoms with E-state index in [0.717, 1.165) is 56.1 Å². The molecule has 0 amide bonds. The van der Waals surface area contributed by atoms with Crippen molar-refractivity contribution < 1.29 is 4.42 Å². The van der Waals surface area contributed by atoms with Crippen molar-refractivity contribution in [3.63, 3.8) is 0 Å². The first-order chi connectivity index (χ1) is 34.1. The highest BCUT2D eigenvalue weighted by Crippen LogP contribution is 2.53. The summed E-state index contributed by atoms with van der Waals surface area (Å²) in [7, 11) is 0. The molecular weight excluding hydrogens is 862 g/mol. The smallest absolute Gasteiger partial charge is 0.333 e. The van der Waals surface area contributed by atoms with E-state index in [9.17, 15) is 0 Å². The van der Waals surface area contributed by atoms with Gasteiger partial charge in [0.05, 0.1) is 11.4 Å². The maximum absolute atomic E-state index is 7.29. The zero-order valence-corrected chi connectivity index (χ0v) is 42.2. The van der Waals surface area contributed by atoms with Crippen molar-refractivity contribution in [3.05, 3.63) is 205 Å². The third-order valence-electron chi connectivity index (χ3n) is 15.4. The van der Waals surface area contributed by atoms with Crippen LogP contribution in [0, 0.1) is 0 Å². The molecule has 0 N–H and O–H groups in total. The lowest BCUT2D eigenvalue weighted by Gasteiger charge is -2.42. The van der Waals surface area contributed by atoms with Crippen LogP contribution in [0.2, 0.25) is 0 Å². The molecule has 0 saturated carbocycles. The van der Waals surface area contributed by atoms with Crippen LogP contribution < -0.4 is 20.7 Å². The standard InChI is InChI=1S/C66H58BN3O/c1-64(2,3)42-29-32-56(49(35-42)41-21-13-10-14-22-41)69-58-34-31-47(68(45-23-15-11-16-24-45)46-25-17-12-18-26-46)39-55(58)67-60-51(40-54-48-27-19-20-28-59(48)71-63(54)62(60)69)53-38-44(66(7,8)9)37-52-50-36-43(65(4,5)6)30-33-57(50)70(67)61(52)53/h10-40H,1-9H3. The van der Waals surface area contributed by atoms with Crippen molar-refractivity contribution >= 4 is 95.6 Å². The van der Waals surface area contributed by atoms with E-state index >= 15 is 0 Å². The Balaban J connectivity index is 1.23. The van der Waals surface area contributed by atoms with Gasteiger partial charge in [0.15, 0.2) is 5.58 Å². The zero-order valence-electron chi connectivity index (χ0n) is 42.2. The molecule has 0 fully saturated rings. The summed E-state index contributed by atoms with van der Waals surface area (Å²) in [5, 5.41) is 4.84. The Morgan fingerprint density at radius 3 is 1.69 bits per heavy atom. The van der Waals surface area contributed by atoms with Gasteiger partial charge in [-0.3, -0.25) is 0 Å². The number of fused-ring (bicyclic) bond motifs is 11. The van der Waals surface area contributed by atoms with E-state index in [1.807, 2.05) is 0 Å². The minimum absolute atomic E-state index is 0.0287. The topological polar surface area (TPSA) is 24.6 Å². The predicted octanol–water partition coefficient (Wildman–Crippen LogP) is 17.1. The SMILES string of the molecule is CC(C)(C)c1ccc(N2c3ccc(N(c4ccccc4)c4ccccc4)cc3B3c4c(cc5c(oc6ccccc65)c42)-c2cc(C(C)(C)C)cc4c5cc(C(C)(C)C)ccc5n3c24)c(-c2ccccc2)c1. The fourth-order valence-corrected chi connectivity index (χ4v) is 11.7. The number of hydrogen-bond acceptors (Lipinski definition) is 3. The number of nitrogens with zero attached hydrogens (tertiary/aromatic N) is 3. The fourth-order valence-electron chi connectivity index (χ4n) is 11.7. The minimum Gasteiger partial charge on any atom is -0.454 e. The molecule has 11 aromatic rings. The average molecular weight is 920 g/mol. The molecule has 0 atom stereocenters. The second kappa shape index (κ2) is 15.4. The van der Waals surface area contributed by atoms with E-state index in [0.29, 0.717) is 0 Å². The van der Waals surface area contributed by atoms with Gasteiger partial charge in [-0.2, -0.15) is 0 Å². The second-order valence-corrected chi connectivity index (χ2v) is 23.0. The van der Waals surface area contributed by atoms with Crippen LogP contribution in [-0.2, 0) is 16.2 Å². The molecule has 0 bridgehead atoms.